The number of rotatable bonds is 3. The van der Waals surface area contributed by atoms with E-state index in [1.54, 1.807) is 19.2 Å². The summed E-state index contributed by atoms with van der Waals surface area (Å²) in [6, 6.07) is 5.71. The summed E-state index contributed by atoms with van der Waals surface area (Å²) in [5.41, 5.74) is 0.912. The summed E-state index contributed by atoms with van der Waals surface area (Å²) in [5, 5.41) is 7.78. The summed E-state index contributed by atoms with van der Waals surface area (Å²) in [6.45, 7) is 0. The molecule has 0 amide bonds. The average molecular weight is 258 g/mol. The Kier molecular flexibility index (Phi) is 3.31. The average Bonchev–Trinajstić information content (AvgIpc) is 2.70. The van der Waals surface area contributed by atoms with Crippen LogP contribution in [0, 0.1) is 0 Å². The van der Waals surface area contributed by atoms with E-state index < -0.39 is 0 Å². The molecule has 0 saturated carbocycles. The van der Waals surface area contributed by atoms with E-state index in [4.69, 9.17) is 27.7 Å². The Bertz CT molecular complexity index is 499. The van der Waals surface area contributed by atoms with Crippen molar-refractivity contribution in [1.29, 1.82) is 0 Å². The Morgan fingerprint density at radius 1 is 1.38 bits per heavy atom. The lowest BCUT2D eigenvalue weighted by atomic mass is 10.1. The van der Waals surface area contributed by atoms with Crippen LogP contribution >= 0.6 is 23.2 Å². The van der Waals surface area contributed by atoms with Crippen molar-refractivity contribution in [3.05, 3.63) is 39.6 Å². The first-order valence-electron chi connectivity index (χ1n) is 4.63. The highest BCUT2D eigenvalue weighted by Crippen LogP contribution is 2.22. The molecule has 0 saturated heterocycles. The molecule has 0 aliphatic heterocycles. The van der Waals surface area contributed by atoms with Crippen molar-refractivity contribution in [2.75, 3.05) is 12.4 Å². The van der Waals surface area contributed by atoms with Crippen LogP contribution in [0.2, 0.25) is 10.0 Å². The molecule has 0 fully saturated rings. The summed E-state index contributed by atoms with van der Waals surface area (Å²) >= 11 is 11.8. The van der Waals surface area contributed by atoms with E-state index in [-0.39, 0.29) is 0 Å². The third-order valence-electron chi connectivity index (χ3n) is 2.05. The molecular formula is C10H9Cl2N3O. The molecule has 0 bridgehead atoms. The van der Waals surface area contributed by atoms with Crippen molar-refractivity contribution in [3.8, 4) is 0 Å². The number of hydrogen-bond donors (Lipinski definition) is 1. The topological polar surface area (TPSA) is 51.0 Å². The smallest absolute Gasteiger partial charge is 0.321 e. The van der Waals surface area contributed by atoms with Gasteiger partial charge in [-0.3, -0.25) is 0 Å². The van der Waals surface area contributed by atoms with Crippen molar-refractivity contribution in [1.82, 2.24) is 10.1 Å². The van der Waals surface area contributed by atoms with Gasteiger partial charge in [0.25, 0.3) is 0 Å². The molecule has 2 aromatic rings. The minimum atomic E-state index is 0.389. The summed E-state index contributed by atoms with van der Waals surface area (Å²) in [5.74, 6) is 0.577. The Hall–Kier alpha value is -1.26. The molecule has 1 N–H and O–H groups in total. The SMILES string of the molecule is CNc1nc(Cc2ccc(Cl)cc2Cl)no1. The van der Waals surface area contributed by atoms with Gasteiger partial charge >= 0.3 is 6.01 Å². The lowest BCUT2D eigenvalue weighted by Crippen LogP contribution is -1.93. The molecule has 0 aliphatic carbocycles. The second-order valence-corrected chi connectivity index (χ2v) is 4.02. The van der Waals surface area contributed by atoms with E-state index in [2.05, 4.69) is 15.5 Å². The molecular weight excluding hydrogens is 249 g/mol. The Morgan fingerprint density at radius 2 is 2.19 bits per heavy atom. The minimum Gasteiger partial charge on any atom is -0.341 e. The monoisotopic (exact) mass is 257 g/mol. The fourth-order valence-electron chi connectivity index (χ4n) is 1.26. The third kappa shape index (κ3) is 2.46. The van der Waals surface area contributed by atoms with Crippen molar-refractivity contribution in [3.63, 3.8) is 0 Å². The van der Waals surface area contributed by atoms with Crippen molar-refractivity contribution in [2.24, 2.45) is 0 Å². The third-order valence-corrected chi connectivity index (χ3v) is 2.63. The number of benzene rings is 1. The van der Waals surface area contributed by atoms with E-state index in [0.717, 1.165) is 5.56 Å². The number of hydrogen-bond acceptors (Lipinski definition) is 4. The number of halogens is 2. The Balaban J connectivity index is 2.20. The van der Waals surface area contributed by atoms with E-state index in [0.29, 0.717) is 28.3 Å². The van der Waals surface area contributed by atoms with E-state index in [1.807, 2.05) is 6.07 Å². The predicted molar refractivity (Wildman–Crippen MR) is 63.1 cm³/mol. The van der Waals surface area contributed by atoms with Gasteiger partial charge < -0.3 is 9.84 Å². The molecule has 0 aliphatic rings. The van der Waals surface area contributed by atoms with Crippen LogP contribution in [-0.2, 0) is 6.42 Å². The zero-order chi connectivity index (χ0) is 11.5. The van der Waals surface area contributed by atoms with Crippen molar-refractivity contribution >= 4 is 29.2 Å². The van der Waals surface area contributed by atoms with Crippen molar-refractivity contribution in [2.45, 2.75) is 6.42 Å². The van der Waals surface area contributed by atoms with Crippen LogP contribution in [0.3, 0.4) is 0 Å². The first-order chi connectivity index (χ1) is 7.69. The molecule has 0 spiro atoms. The Labute approximate surface area is 103 Å². The van der Waals surface area contributed by atoms with E-state index >= 15 is 0 Å². The molecule has 2 rings (SSSR count). The first kappa shape index (κ1) is 11.2. The quantitative estimate of drug-likeness (QED) is 0.919. The highest BCUT2D eigenvalue weighted by Gasteiger charge is 2.08. The van der Waals surface area contributed by atoms with Gasteiger partial charge in [-0.05, 0) is 17.7 Å². The zero-order valence-corrected chi connectivity index (χ0v) is 10.0. The van der Waals surface area contributed by atoms with Gasteiger partial charge in [0.1, 0.15) is 0 Å². The van der Waals surface area contributed by atoms with Crippen LogP contribution in [0.15, 0.2) is 22.7 Å². The minimum absolute atomic E-state index is 0.389. The van der Waals surface area contributed by atoms with Crippen LogP contribution in [-0.4, -0.2) is 17.2 Å². The van der Waals surface area contributed by atoms with Gasteiger partial charge in [0.05, 0.1) is 0 Å². The largest absolute Gasteiger partial charge is 0.341 e. The van der Waals surface area contributed by atoms with Crippen LogP contribution in [0.25, 0.3) is 0 Å². The Morgan fingerprint density at radius 3 is 2.81 bits per heavy atom. The normalized spacial score (nSPS) is 10.4. The van der Waals surface area contributed by atoms with E-state index in [1.165, 1.54) is 0 Å². The standard InChI is InChI=1S/C10H9Cl2N3O/c1-13-10-14-9(15-16-10)4-6-2-3-7(11)5-8(6)12/h2-3,5H,4H2,1H3,(H,13,14,15). The maximum absolute atomic E-state index is 6.03. The van der Waals surface area contributed by atoms with Crippen LogP contribution in [0.5, 0.6) is 0 Å². The number of aromatic nitrogens is 2. The van der Waals surface area contributed by atoms with E-state index in [9.17, 15) is 0 Å². The molecule has 1 aromatic heterocycles. The molecule has 0 radical (unpaired) electrons. The van der Waals surface area contributed by atoms with Crippen molar-refractivity contribution < 1.29 is 4.52 Å². The predicted octanol–water partition coefficient (Wildman–Crippen LogP) is 3.01. The summed E-state index contributed by atoms with van der Waals surface area (Å²) in [7, 11) is 1.71. The molecule has 0 unspecified atom stereocenters. The molecule has 4 nitrogen and oxygen atoms in total. The molecule has 84 valence electrons. The second kappa shape index (κ2) is 4.72. The fourth-order valence-corrected chi connectivity index (χ4v) is 1.74. The number of nitrogens with one attached hydrogen (secondary N) is 1. The van der Waals surface area contributed by atoms with Gasteiger partial charge in [0.2, 0.25) is 0 Å². The van der Waals surface area contributed by atoms with Crippen LogP contribution in [0.4, 0.5) is 6.01 Å². The maximum atomic E-state index is 6.03. The molecule has 0 atom stereocenters. The zero-order valence-electron chi connectivity index (χ0n) is 8.50. The van der Waals surface area contributed by atoms with Gasteiger partial charge in [-0.2, -0.15) is 4.98 Å². The van der Waals surface area contributed by atoms with Gasteiger partial charge in [0.15, 0.2) is 5.82 Å². The fraction of sp³-hybridized carbons (Fsp3) is 0.200. The van der Waals surface area contributed by atoms with Gasteiger partial charge in [-0.25, -0.2) is 0 Å². The van der Waals surface area contributed by atoms with Crippen LogP contribution in [0.1, 0.15) is 11.4 Å². The number of nitrogens with zero attached hydrogens (tertiary/aromatic N) is 2. The lowest BCUT2D eigenvalue weighted by molar-refractivity contribution is 0.425. The highest BCUT2D eigenvalue weighted by molar-refractivity contribution is 6.35. The van der Waals surface area contributed by atoms with Gasteiger partial charge in [0, 0.05) is 23.5 Å². The van der Waals surface area contributed by atoms with Crippen LogP contribution < -0.4 is 5.32 Å². The maximum Gasteiger partial charge on any atom is 0.321 e. The summed E-state index contributed by atoms with van der Waals surface area (Å²) in [6.07, 6.45) is 0.515. The molecule has 16 heavy (non-hydrogen) atoms. The molecule has 1 aromatic carbocycles. The molecule has 6 heteroatoms. The first-order valence-corrected chi connectivity index (χ1v) is 5.39. The second-order valence-electron chi connectivity index (χ2n) is 3.18. The van der Waals surface area contributed by atoms with Gasteiger partial charge in [-0.1, -0.05) is 34.4 Å². The highest BCUT2D eigenvalue weighted by atomic mass is 35.5. The summed E-state index contributed by atoms with van der Waals surface area (Å²) < 4.78 is 4.91. The lowest BCUT2D eigenvalue weighted by Gasteiger charge is -2.00. The molecule has 1 heterocycles. The number of anilines is 1. The summed E-state index contributed by atoms with van der Waals surface area (Å²) in [4.78, 5) is 4.11. The van der Waals surface area contributed by atoms with Gasteiger partial charge in [-0.15, -0.1) is 0 Å².